The quantitative estimate of drug-likeness (QED) is 0.813. The van der Waals surface area contributed by atoms with Crippen LogP contribution in [0.25, 0.3) is 0 Å². The Morgan fingerprint density at radius 3 is 2.82 bits per heavy atom. The highest BCUT2D eigenvalue weighted by Crippen LogP contribution is 2.25. The summed E-state index contributed by atoms with van der Waals surface area (Å²) in [6.07, 6.45) is -0.0151. The lowest BCUT2D eigenvalue weighted by atomic mass is 10.2. The van der Waals surface area contributed by atoms with E-state index >= 15 is 0 Å². The van der Waals surface area contributed by atoms with Crippen LogP contribution in [0.3, 0.4) is 0 Å². The molecule has 1 aromatic heterocycles. The summed E-state index contributed by atoms with van der Waals surface area (Å²) in [7, 11) is 0. The molecule has 0 radical (unpaired) electrons. The minimum absolute atomic E-state index is 0.0151. The lowest BCUT2D eigenvalue weighted by Crippen LogP contribution is -2.48. The van der Waals surface area contributed by atoms with E-state index in [1.165, 1.54) is 0 Å². The molecule has 1 aliphatic heterocycles. The highest BCUT2D eigenvalue weighted by Gasteiger charge is 2.27. The van der Waals surface area contributed by atoms with Crippen molar-refractivity contribution in [3.8, 4) is 0 Å². The van der Waals surface area contributed by atoms with Gasteiger partial charge in [0.25, 0.3) is 0 Å². The van der Waals surface area contributed by atoms with Crippen molar-refractivity contribution in [3.05, 3.63) is 17.7 Å². The van der Waals surface area contributed by atoms with E-state index in [0.29, 0.717) is 13.2 Å². The van der Waals surface area contributed by atoms with Crippen molar-refractivity contribution in [3.63, 3.8) is 0 Å². The standard InChI is InChI=1S/C11H15F2N3O/c1-6-5-17-7(2)4-16(6)11-9(13)3-8(12)10(14)15-11/h3,6-7H,4-5H2,1-2H3,(H2,14,15). The Kier molecular flexibility index (Phi) is 3.15. The SMILES string of the molecule is CC1CN(c2nc(N)c(F)cc2F)C(C)CO1. The van der Waals surface area contributed by atoms with Gasteiger partial charge in [-0.2, -0.15) is 0 Å². The summed E-state index contributed by atoms with van der Waals surface area (Å²) < 4.78 is 32.1. The second-order valence-corrected chi connectivity index (χ2v) is 4.31. The summed E-state index contributed by atoms with van der Waals surface area (Å²) in [6.45, 7) is 4.78. The molecule has 2 N–H and O–H groups in total. The monoisotopic (exact) mass is 243 g/mol. The topological polar surface area (TPSA) is 51.4 Å². The molecule has 17 heavy (non-hydrogen) atoms. The van der Waals surface area contributed by atoms with Gasteiger partial charge in [-0.3, -0.25) is 0 Å². The Labute approximate surface area is 98.4 Å². The Morgan fingerprint density at radius 2 is 2.12 bits per heavy atom. The Hall–Kier alpha value is -1.43. The van der Waals surface area contributed by atoms with E-state index in [-0.39, 0.29) is 23.8 Å². The first-order chi connectivity index (χ1) is 7.99. The number of pyridine rings is 1. The number of hydrogen-bond donors (Lipinski definition) is 1. The van der Waals surface area contributed by atoms with Gasteiger partial charge in [-0.15, -0.1) is 0 Å². The molecule has 1 aromatic rings. The van der Waals surface area contributed by atoms with E-state index in [1.54, 1.807) is 4.90 Å². The Balaban J connectivity index is 2.35. The van der Waals surface area contributed by atoms with E-state index in [0.717, 1.165) is 6.07 Å². The molecule has 4 nitrogen and oxygen atoms in total. The van der Waals surface area contributed by atoms with Gasteiger partial charge in [0.05, 0.1) is 18.8 Å². The molecular weight excluding hydrogens is 228 g/mol. The maximum atomic E-state index is 13.7. The molecule has 1 aliphatic rings. The number of nitrogens with two attached hydrogens (primary N) is 1. The Morgan fingerprint density at radius 1 is 1.41 bits per heavy atom. The summed E-state index contributed by atoms with van der Waals surface area (Å²) in [5.41, 5.74) is 5.37. The third-order valence-electron chi connectivity index (χ3n) is 2.82. The van der Waals surface area contributed by atoms with Gasteiger partial charge in [-0.1, -0.05) is 0 Å². The van der Waals surface area contributed by atoms with Crippen LogP contribution >= 0.6 is 0 Å². The Bertz CT molecular complexity index is 427. The van der Waals surface area contributed by atoms with Gasteiger partial charge in [0.2, 0.25) is 0 Å². The first kappa shape index (κ1) is 12.0. The predicted molar refractivity (Wildman–Crippen MR) is 60.8 cm³/mol. The molecule has 0 amide bonds. The molecule has 0 spiro atoms. The summed E-state index contributed by atoms with van der Waals surface area (Å²) in [5.74, 6) is -1.72. The second kappa shape index (κ2) is 4.44. The second-order valence-electron chi connectivity index (χ2n) is 4.31. The molecule has 2 heterocycles. The van der Waals surface area contributed by atoms with Crippen LogP contribution in [0.4, 0.5) is 20.4 Å². The number of nitrogens with zero attached hydrogens (tertiary/aromatic N) is 2. The van der Waals surface area contributed by atoms with Crippen molar-refractivity contribution >= 4 is 11.6 Å². The van der Waals surface area contributed by atoms with Gasteiger partial charge in [0, 0.05) is 12.6 Å². The fourth-order valence-electron chi connectivity index (χ4n) is 1.87. The molecule has 2 unspecified atom stereocenters. The third-order valence-corrected chi connectivity index (χ3v) is 2.82. The molecule has 2 rings (SSSR count). The van der Waals surface area contributed by atoms with Crippen LogP contribution < -0.4 is 10.6 Å². The van der Waals surface area contributed by atoms with Crippen LogP contribution in [-0.4, -0.2) is 30.3 Å². The number of aromatic nitrogens is 1. The maximum Gasteiger partial charge on any atom is 0.168 e. The van der Waals surface area contributed by atoms with Crippen LogP contribution in [0, 0.1) is 11.6 Å². The van der Waals surface area contributed by atoms with Crippen LogP contribution in [0.1, 0.15) is 13.8 Å². The first-order valence-electron chi connectivity index (χ1n) is 5.48. The van der Waals surface area contributed by atoms with Crippen molar-refractivity contribution in [2.24, 2.45) is 0 Å². The van der Waals surface area contributed by atoms with Gasteiger partial charge >= 0.3 is 0 Å². The highest BCUT2D eigenvalue weighted by atomic mass is 19.1. The number of morpholine rings is 1. The smallest absolute Gasteiger partial charge is 0.168 e. The number of hydrogen-bond acceptors (Lipinski definition) is 4. The molecular formula is C11H15F2N3O. The lowest BCUT2D eigenvalue weighted by molar-refractivity contribution is 0.0337. The van der Waals surface area contributed by atoms with E-state index in [4.69, 9.17) is 10.5 Å². The molecule has 0 aliphatic carbocycles. The van der Waals surface area contributed by atoms with Crippen LogP contribution in [0.15, 0.2) is 6.07 Å². The lowest BCUT2D eigenvalue weighted by Gasteiger charge is -2.37. The predicted octanol–water partition coefficient (Wildman–Crippen LogP) is 1.56. The molecule has 6 heteroatoms. The van der Waals surface area contributed by atoms with Gasteiger partial charge in [-0.25, -0.2) is 13.8 Å². The van der Waals surface area contributed by atoms with Crippen molar-refractivity contribution < 1.29 is 13.5 Å². The fraction of sp³-hybridized carbons (Fsp3) is 0.545. The van der Waals surface area contributed by atoms with Crippen molar-refractivity contribution in [2.75, 3.05) is 23.8 Å². The molecule has 0 aromatic carbocycles. The number of rotatable bonds is 1. The first-order valence-corrected chi connectivity index (χ1v) is 5.48. The zero-order valence-electron chi connectivity index (χ0n) is 9.78. The summed E-state index contributed by atoms with van der Waals surface area (Å²) in [6, 6.07) is 0.753. The van der Waals surface area contributed by atoms with E-state index in [9.17, 15) is 8.78 Å². The molecule has 1 fully saturated rings. The zero-order chi connectivity index (χ0) is 12.6. The minimum atomic E-state index is -0.833. The summed E-state index contributed by atoms with van der Waals surface area (Å²) in [5, 5.41) is 0. The van der Waals surface area contributed by atoms with Gasteiger partial charge in [0.15, 0.2) is 23.3 Å². The number of halogens is 2. The summed E-state index contributed by atoms with van der Waals surface area (Å²) >= 11 is 0. The largest absolute Gasteiger partial charge is 0.381 e. The average molecular weight is 243 g/mol. The number of anilines is 2. The molecule has 1 saturated heterocycles. The highest BCUT2D eigenvalue weighted by molar-refractivity contribution is 5.48. The van der Waals surface area contributed by atoms with Crippen LogP contribution in [0.2, 0.25) is 0 Å². The average Bonchev–Trinajstić information content (AvgIpc) is 2.27. The van der Waals surface area contributed by atoms with Crippen LogP contribution in [0.5, 0.6) is 0 Å². The van der Waals surface area contributed by atoms with Crippen molar-refractivity contribution in [1.29, 1.82) is 0 Å². The van der Waals surface area contributed by atoms with Gasteiger partial charge < -0.3 is 15.4 Å². The molecule has 0 saturated carbocycles. The maximum absolute atomic E-state index is 13.7. The van der Waals surface area contributed by atoms with E-state index in [1.807, 2.05) is 13.8 Å². The zero-order valence-corrected chi connectivity index (χ0v) is 9.78. The number of nitrogen functional groups attached to an aromatic ring is 1. The van der Waals surface area contributed by atoms with Gasteiger partial charge in [-0.05, 0) is 13.8 Å². The van der Waals surface area contributed by atoms with Crippen molar-refractivity contribution in [2.45, 2.75) is 26.0 Å². The fourth-order valence-corrected chi connectivity index (χ4v) is 1.87. The van der Waals surface area contributed by atoms with Crippen LogP contribution in [-0.2, 0) is 4.74 Å². The van der Waals surface area contributed by atoms with Crippen molar-refractivity contribution in [1.82, 2.24) is 4.98 Å². The van der Waals surface area contributed by atoms with E-state index in [2.05, 4.69) is 4.98 Å². The van der Waals surface area contributed by atoms with Gasteiger partial charge in [0.1, 0.15) is 0 Å². The molecule has 2 atom stereocenters. The third kappa shape index (κ3) is 2.31. The summed E-state index contributed by atoms with van der Waals surface area (Å²) in [4.78, 5) is 5.53. The molecule has 0 bridgehead atoms. The normalized spacial score (nSPS) is 25.1. The molecule has 94 valence electrons. The minimum Gasteiger partial charge on any atom is -0.381 e. The van der Waals surface area contributed by atoms with E-state index < -0.39 is 11.6 Å². The number of ether oxygens (including phenoxy) is 1.